The van der Waals surface area contributed by atoms with Gasteiger partial charge >= 0.3 is 0 Å². The van der Waals surface area contributed by atoms with Gasteiger partial charge in [0.25, 0.3) is 5.91 Å². The average Bonchev–Trinajstić information content (AvgIpc) is 2.76. The molecule has 1 atom stereocenters. The van der Waals surface area contributed by atoms with Gasteiger partial charge in [0.2, 0.25) is 5.76 Å². The lowest BCUT2D eigenvalue weighted by atomic mass is 10.1. The van der Waals surface area contributed by atoms with Crippen LogP contribution in [0.4, 0.5) is 5.69 Å². The standard InChI is InChI=1S/C13H15N3O2/c1-8(10-5-3-4-6-11(10)14)16-13(17)12-9(2)15-7-18-12/h3-8H,14H2,1-2H3,(H,16,17). The molecule has 94 valence electrons. The van der Waals surface area contributed by atoms with Crippen LogP contribution in [0.25, 0.3) is 0 Å². The van der Waals surface area contributed by atoms with E-state index in [1.165, 1.54) is 6.39 Å². The predicted octanol–water partition coefficient (Wildman–Crippen LogP) is 2.06. The molecule has 0 spiro atoms. The van der Waals surface area contributed by atoms with Gasteiger partial charge in [-0.05, 0) is 25.5 Å². The highest BCUT2D eigenvalue weighted by molar-refractivity contribution is 5.92. The maximum atomic E-state index is 11.9. The van der Waals surface area contributed by atoms with Gasteiger partial charge in [-0.3, -0.25) is 4.79 Å². The second-order valence-corrected chi connectivity index (χ2v) is 4.09. The smallest absolute Gasteiger partial charge is 0.289 e. The van der Waals surface area contributed by atoms with E-state index in [4.69, 9.17) is 10.2 Å². The Morgan fingerprint density at radius 3 is 2.78 bits per heavy atom. The number of nitrogens with one attached hydrogen (secondary N) is 1. The number of nitrogen functional groups attached to an aromatic ring is 1. The molecule has 2 rings (SSSR count). The van der Waals surface area contributed by atoms with Crippen LogP contribution in [0.15, 0.2) is 35.1 Å². The van der Waals surface area contributed by atoms with E-state index in [0.717, 1.165) is 5.56 Å². The van der Waals surface area contributed by atoms with E-state index in [9.17, 15) is 4.79 Å². The minimum Gasteiger partial charge on any atom is -0.438 e. The van der Waals surface area contributed by atoms with Crippen molar-refractivity contribution in [3.05, 3.63) is 47.7 Å². The minimum atomic E-state index is -0.291. The first-order valence-electron chi connectivity index (χ1n) is 5.65. The highest BCUT2D eigenvalue weighted by atomic mass is 16.3. The number of anilines is 1. The van der Waals surface area contributed by atoms with Gasteiger partial charge in [0, 0.05) is 5.69 Å². The number of hydrogen-bond donors (Lipinski definition) is 2. The summed E-state index contributed by atoms with van der Waals surface area (Å²) in [6.07, 6.45) is 1.26. The van der Waals surface area contributed by atoms with Crippen molar-refractivity contribution in [2.75, 3.05) is 5.73 Å². The Labute approximate surface area is 105 Å². The molecule has 0 aliphatic carbocycles. The topological polar surface area (TPSA) is 81.2 Å². The fraction of sp³-hybridized carbons (Fsp3) is 0.231. The van der Waals surface area contributed by atoms with Crippen molar-refractivity contribution >= 4 is 11.6 Å². The van der Waals surface area contributed by atoms with E-state index in [-0.39, 0.29) is 17.7 Å². The largest absolute Gasteiger partial charge is 0.438 e. The van der Waals surface area contributed by atoms with Crippen LogP contribution in [-0.2, 0) is 0 Å². The van der Waals surface area contributed by atoms with Gasteiger partial charge in [0.1, 0.15) is 0 Å². The molecule has 0 saturated heterocycles. The second kappa shape index (κ2) is 4.91. The highest BCUT2D eigenvalue weighted by Gasteiger charge is 2.17. The molecule has 5 heteroatoms. The van der Waals surface area contributed by atoms with Crippen LogP contribution in [0.2, 0.25) is 0 Å². The number of rotatable bonds is 3. The zero-order valence-electron chi connectivity index (χ0n) is 10.3. The summed E-state index contributed by atoms with van der Waals surface area (Å²) < 4.78 is 5.04. The van der Waals surface area contributed by atoms with Crippen LogP contribution < -0.4 is 11.1 Å². The molecule has 1 heterocycles. The third-order valence-electron chi connectivity index (χ3n) is 2.76. The summed E-state index contributed by atoms with van der Waals surface area (Å²) >= 11 is 0. The lowest BCUT2D eigenvalue weighted by Gasteiger charge is -2.15. The van der Waals surface area contributed by atoms with Gasteiger partial charge < -0.3 is 15.5 Å². The predicted molar refractivity (Wildman–Crippen MR) is 68.0 cm³/mol. The summed E-state index contributed by atoms with van der Waals surface area (Å²) in [6.45, 7) is 3.59. The number of carbonyl (C=O) groups is 1. The number of oxazole rings is 1. The Hall–Kier alpha value is -2.30. The maximum absolute atomic E-state index is 11.9. The second-order valence-electron chi connectivity index (χ2n) is 4.09. The summed E-state index contributed by atoms with van der Waals surface area (Å²) in [7, 11) is 0. The molecule has 3 N–H and O–H groups in total. The summed E-state index contributed by atoms with van der Waals surface area (Å²) in [4.78, 5) is 15.8. The van der Waals surface area contributed by atoms with Crippen molar-refractivity contribution in [3.8, 4) is 0 Å². The van der Waals surface area contributed by atoms with Crippen LogP contribution in [-0.4, -0.2) is 10.9 Å². The summed E-state index contributed by atoms with van der Waals surface area (Å²) in [5.41, 5.74) is 7.96. The normalized spacial score (nSPS) is 12.1. The molecule has 2 aromatic rings. The first-order chi connectivity index (χ1) is 8.59. The molecule has 1 aromatic carbocycles. The van der Waals surface area contributed by atoms with Gasteiger partial charge in [-0.1, -0.05) is 18.2 Å². The Balaban J connectivity index is 2.13. The SMILES string of the molecule is Cc1ncoc1C(=O)NC(C)c1ccccc1N. The van der Waals surface area contributed by atoms with Crippen molar-refractivity contribution in [2.45, 2.75) is 19.9 Å². The molecule has 0 aliphatic rings. The van der Waals surface area contributed by atoms with Crippen LogP contribution in [0.1, 0.15) is 34.8 Å². The molecule has 1 unspecified atom stereocenters. The molecular weight excluding hydrogens is 230 g/mol. The lowest BCUT2D eigenvalue weighted by molar-refractivity contribution is 0.0911. The molecule has 1 aromatic heterocycles. The van der Waals surface area contributed by atoms with Crippen molar-refractivity contribution in [1.29, 1.82) is 0 Å². The van der Waals surface area contributed by atoms with Gasteiger partial charge in [0.15, 0.2) is 6.39 Å². The molecule has 0 saturated carbocycles. The summed E-state index contributed by atoms with van der Waals surface area (Å²) in [6, 6.07) is 7.23. The van der Waals surface area contributed by atoms with E-state index in [1.54, 1.807) is 13.0 Å². The summed E-state index contributed by atoms with van der Waals surface area (Å²) in [5.74, 6) is -0.0582. The number of amides is 1. The van der Waals surface area contributed by atoms with Gasteiger partial charge in [-0.15, -0.1) is 0 Å². The summed E-state index contributed by atoms with van der Waals surface area (Å²) in [5, 5.41) is 2.83. The molecule has 0 radical (unpaired) electrons. The zero-order chi connectivity index (χ0) is 13.1. The number of benzene rings is 1. The van der Waals surface area contributed by atoms with Gasteiger partial charge in [-0.25, -0.2) is 4.98 Å². The van der Waals surface area contributed by atoms with Crippen molar-refractivity contribution < 1.29 is 9.21 Å². The van der Waals surface area contributed by atoms with Crippen LogP contribution in [0.5, 0.6) is 0 Å². The number of nitrogens with two attached hydrogens (primary N) is 1. The average molecular weight is 245 g/mol. The Morgan fingerprint density at radius 1 is 1.44 bits per heavy atom. The molecule has 18 heavy (non-hydrogen) atoms. The lowest BCUT2D eigenvalue weighted by Crippen LogP contribution is -2.27. The number of para-hydroxylation sites is 1. The minimum absolute atomic E-state index is 0.191. The van der Waals surface area contributed by atoms with E-state index < -0.39 is 0 Å². The van der Waals surface area contributed by atoms with Crippen LogP contribution >= 0.6 is 0 Å². The number of hydrogen-bond acceptors (Lipinski definition) is 4. The Bertz CT molecular complexity index is 563. The van der Waals surface area contributed by atoms with Gasteiger partial charge in [0.05, 0.1) is 11.7 Å². The fourth-order valence-corrected chi connectivity index (χ4v) is 1.77. The maximum Gasteiger partial charge on any atom is 0.289 e. The Kier molecular flexibility index (Phi) is 3.32. The van der Waals surface area contributed by atoms with E-state index in [0.29, 0.717) is 11.4 Å². The number of aromatic nitrogens is 1. The number of carbonyl (C=O) groups excluding carboxylic acids is 1. The molecular formula is C13H15N3O2. The molecule has 0 aliphatic heterocycles. The zero-order valence-corrected chi connectivity index (χ0v) is 10.3. The molecule has 0 fully saturated rings. The first kappa shape index (κ1) is 12.2. The van der Waals surface area contributed by atoms with Crippen molar-refractivity contribution in [2.24, 2.45) is 0 Å². The van der Waals surface area contributed by atoms with Gasteiger partial charge in [-0.2, -0.15) is 0 Å². The fourth-order valence-electron chi connectivity index (χ4n) is 1.77. The van der Waals surface area contributed by atoms with Crippen molar-refractivity contribution in [1.82, 2.24) is 10.3 Å². The number of nitrogens with zero attached hydrogens (tertiary/aromatic N) is 1. The molecule has 1 amide bonds. The molecule has 0 bridgehead atoms. The Morgan fingerprint density at radius 2 is 2.17 bits per heavy atom. The van der Waals surface area contributed by atoms with E-state index in [2.05, 4.69) is 10.3 Å². The number of aryl methyl sites for hydroxylation is 1. The van der Waals surface area contributed by atoms with E-state index >= 15 is 0 Å². The van der Waals surface area contributed by atoms with Crippen molar-refractivity contribution in [3.63, 3.8) is 0 Å². The monoisotopic (exact) mass is 245 g/mol. The molecule has 5 nitrogen and oxygen atoms in total. The van der Waals surface area contributed by atoms with E-state index in [1.807, 2.05) is 25.1 Å². The highest BCUT2D eigenvalue weighted by Crippen LogP contribution is 2.20. The first-order valence-corrected chi connectivity index (χ1v) is 5.65. The van der Waals surface area contributed by atoms with Crippen LogP contribution in [0.3, 0.4) is 0 Å². The van der Waals surface area contributed by atoms with Crippen LogP contribution in [0, 0.1) is 6.92 Å². The third kappa shape index (κ3) is 2.34. The quantitative estimate of drug-likeness (QED) is 0.811. The third-order valence-corrected chi connectivity index (χ3v) is 2.76.